The van der Waals surface area contributed by atoms with Crippen molar-refractivity contribution >= 4 is 11.8 Å². The van der Waals surface area contributed by atoms with Crippen LogP contribution >= 0.6 is 0 Å². The van der Waals surface area contributed by atoms with Crippen LogP contribution in [-0.2, 0) is 16.1 Å². The van der Waals surface area contributed by atoms with E-state index in [1.165, 1.54) is 0 Å². The molecule has 0 radical (unpaired) electrons. The van der Waals surface area contributed by atoms with Gasteiger partial charge in [0.05, 0.1) is 11.6 Å². The highest BCUT2D eigenvalue weighted by Gasteiger charge is 2.36. The van der Waals surface area contributed by atoms with Gasteiger partial charge in [0.15, 0.2) is 0 Å². The lowest BCUT2D eigenvalue weighted by Gasteiger charge is -2.39. The molecule has 3 rings (SSSR count). The van der Waals surface area contributed by atoms with Crippen LogP contribution in [-0.4, -0.2) is 45.6 Å². The predicted octanol–water partition coefficient (Wildman–Crippen LogP) is 2.27. The molecule has 1 aliphatic carbocycles. The van der Waals surface area contributed by atoms with Crippen LogP contribution in [0.15, 0.2) is 12.3 Å². The third-order valence-corrected chi connectivity index (χ3v) is 5.48. The van der Waals surface area contributed by atoms with Crippen molar-refractivity contribution in [2.75, 3.05) is 13.1 Å². The number of nitrogens with one attached hydrogen (secondary N) is 1. The SMILES string of the molecule is Cc1ccn(CC(=O)N2CCCCCCNC(=O)[C@@H]3CCCC[C@@H]32)n1. The highest BCUT2D eigenvalue weighted by Crippen LogP contribution is 2.30. The van der Waals surface area contributed by atoms with E-state index < -0.39 is 0 Å². The van der Waals surface area contributed by atoms with E-state index in [0.717, 1.165) is 70.2 Å². The molecule has 1 aromatic heterocycles. The maximum Gasteiger partial charge on any atom is 0.244 e. The molecular weight excluding hydrogens is 316 g/mol. The van der Waals surface area contributed by atoms with Gasteiger partial charge in [0.25, 0.3) is 0 Å². The van der Waals surface area contributed by atoms with E-state index in [-0.39, 0.29) is 30.3 Å². The van der Waals surface area contributed by atoms with Crippen molar-refractivity contribution in [2.24, 2.45) is 5.92 Å². The van der Waals surface area contributed by atoms with Crippen molar-refractivity contribution in [3.63, 3.8) is 0 Å². The molecule has 0 bridgehead atoms. The van der Waals surface area contributed by atoms with Gasteiger partial charge in [-0.2, -0.15) is 5.10 Å². The fraction of sp³-hybridized carbons (Fsp3) is 0.737. The summed E-state index contributed by atoms with van der Waals surface area (Å²) in [5.41, 5.74) is 0.917. The topological polar surface area (TPSA) is 67.2 Å². The summed E-state index contributed by atoms with van der Waals surface area (Å²) in [6.45, 7) is 3.71. The molecule has 2 heterocycles. The first-order valence-corrected chi connectivity index (χ1v) is 9.72. The number of carbonyl (C=O) groups is 2. The molecular formula is C19H30N4O2. The molecule has 1 N–H and O–H groups in total. The Kier molecular flexibility index (Phi) is 6.10. The van der Waals surface area contributed by atoms with Crippen molar-refractivity contribution < 1.29 is 9.59 Å². The van der Waals surface area contributed by atoms with E-state index in [1.54, 1.807) is 4.68 Å². The van der Waals surface area contributed by atoms with Gasteiger partial charge in [0.1, 0.15) is 6.54 Å². The molecule has 0 unspecified atom stereocenters. The Hall–Kier alpha value is -1.85. The van der Waals surface area contributed by atoms with Gasteiger partial charge < -0.3 is 10.2 Å². The summed E-state index contributed by atoms with van der Waals surface area (Å²) in [5, 5.41) is 7.44. The second-order valence-corrected chi connectivity index (χ2v) is 7.41. The summed E-state index contributed by atoms with van der Waals surface area (Å²) < 4.78 is 1.71. The van der Waals surface area contributed by atoms with Crippen LogP contribution in [0.5, 0.6) is 0 Å². The van der Waals surface area contributed by atoms with Crippen molar-refractivity contribution in [3.8, 4) is 0 Å². The normalized spacial score (nSPS) is 25.6. The molecule has 138 valence electrons. The Labute approximate surface area is 149 Å². The molecule has 2 fully saturated rings. The van der Waals surface area contributed by atoms with Crippen molar-refractivity contribution in [1.82, 2.24) is 20.0 Å². The lowest BCUT2D eigenvalue weighted by Crippen LogP contribution is -2.51. The molecule has 0 aromatic carbocycles. The summed E-state index contributed by atoms with van der Waals surface area (Å²) in [6.07, 6.45) is 10.1. The fourth-order valence-corrected chi connectivity index (χ4v) is 4.15. The monoisotopic (exact) mass is 346 g/mol. The Bertz CT molecular complexity index is 598. The van der Waals surface area contributed by atoms with Crippen LogP contribution in [0.4, 0.5) is 0 Å². The number of hydrogen-bond acceptors (Lipinski definition) is 3. The van der Waals surface area contributed by atoms with E-state index in [1.807, 2.05) is 24.1 Å². The first kappa shape index (κ1) is 18.0. The van der Waals surface area contributed by atoms with Gasteiger partial charge in [-0.15, -0.1) is 0 Å². The van der Waals surface area contributed by atoms with Gasteiger partial charge >= 0.3 is 0 Å². The minimum Gasteiger partial charge on any atom is -0.356 e. The van der Waals surface area contributed by atoms with Gasteiger partial charge in [-0.3, -0.25) is 14.3 Å². The Morgan fingerprint density at radius 1 is 1.20 bits per heavy atom. The lowest BCUT2D eigenvalue weighted by atomic mass is 9.82. The summed E-state index contributed by atoms with van der Waals surface area (Å²) >= 11 is 0. The molecule has 2 amide bonds. The zero-order chi connectivity index (χ0) is 17.6. The van der Waals surface area contributed by atoms with E-state index in [2.05, 4.69) is 10.4 Å². The quantitative estimate of drug-likeness (QED) is 0.893. The molecule has 6 heteroatoms. The third-order valence-electron chi connectivity index (χ3n) is 5.48. The minimum absolute atomic E-state index is 0.0380. The maximum atomic E-state index is 13.0. The molecule has 1 aliphatic heterocycles. The van der Waals surface area contributed by atoms with Gasteiger partial charge in [0.2, 0.25) is 11.8 Å². The molecule has 1 saturated carbocycles. The molecule has 1 saturated heterocycles. The average molecular weight is 346 g/mol. The number of hydrogen-bond donors (Lipinski definition) is 1. The number of amides is 2. The molecule has 0 spiro atoms. The molecule has 2 atom stereocenters. The third kappa shape index (κ3) is 4.61. The maximum absolute atomic E-state index is 13.0. The summed E-state index contributed by atoms with van der Waals surface area (Å²) in [6, 6.07) is 1.95. The van der Waals surface area contributed by atoms with E-state index in [0.29, 0.717) is 0 Å². The summed E-state index contributed by atoms with van der Waals surface area (Å²) in [5.74, 6) is 0.168. The second-order valence-electron chi connectivity index (χ2n) is 7.41. The summed E-state index contributed by atoms with van der Waals surface area (Å²) in [7, 11) is 0. The largest absolute Gasteiger partial charge is 0.356 e. The number of carbonyl (C=O) groups excluding carboxylic acids is 2. The highest BCUT2D eigenvalue weighted by atomic mass is 16.2. The molecule has 25 heavy (non-hydrogen) atoms. The zero-order valence-electron chi connectivity index (χ0n) is 15.2. The Balaban J connectivity index is 1.78. The highest BCUT2D eigenvalue weighted by molar-refractivity contribution is 5.81. The van der Waals surface area contributed by atoms with Crippen LogP contribution in [0.25, 0.3) is 0 Å². The minimum atomic E-state index is -0.0600. The fourth-order valence-electron chi connectivity index (χ4n) is 4.15. The first-order valence-electron chi connectivity index (χ1n) is 9.72. The number of aryl methyl sites for hydroxylation is 1. The number of aromatic nitrogens is 2. The van der Waals surface area contributed by atoms with Crippen LogP contribution in [0.1, 0.15) is 57.1 Å². The van der Waals surface area contributed by atoms with Crippen molar-refractivity contribution in [2.45, 2.75) is 70.9 Å². The number of fused-ring (bicyclic) bond motifs is 1. The van der Waals surface area contributed by atoms with Gasteiger partial charge in [0, 0.05) is 25.3 Å². The number of rotatable bonds is 2. The van der Waals surface area contributed by atoms with Crippen molar-refractivity contribution in [1.29, 1.82) is 0 Å². The first-order chi connectivity index (χ1) is 12.1. The van der Waals surface area contributed by atoms with Crippen LogP contribution < -0.4 is 5.32 Å². The van der Waals surface area contributed by atoms with Gasteiger partial charge in [-0.05, 0) is 38.7 Å². The van der Waals surface area contributed by atoms with E-state index >= 15 is 0 Å². The molecule has 6 nitrogen and oxygen atoms in total. The molecule has 1 aromatic rings. The van der Waals surface area contributed by atoms with E-state index in [9.17, 15) is 9.59 Å². The predicted molar refractivity (Wildman–Crippen MR) is 95.9 cm³/mol. The van der Waals surface area contributed by atoms with Crippen LogP contribution in [0.3, 0.4) is 0 Å². The Morgan fingerprint density at radius 3 is 2.80 bits per heavy atom. The van der Waals surface area contributed by atoms with E-state index in [4.69, 9.17) is 0 Å². The standard InChI is InChI=1S/C19H30N4O2/c1-15-10-13-22(21-15)14-18(24)23-12-7-3-2-6-11-20-19(25)16-8-4-5-9-17(16)23/h10,13,16-17H,2-9,11-12,14H2,1H3,(H,20,25)/t16-,17+/m1/s1. The smallest absolute Gasteiger partial charge is 0.244 e. The zero-order valence-corrected chi connectivity index (χ0v) is 15.2. The van der Waals surface area contributed by atoms with Crippen LogP contribution in [0, 0.1) is 12.8 Å². The van der Waals surface area contributed by atoms with Crippen molar-refractivity contribution in [3.05, 3.63) is 18.0 Å². The Morgan fingerprint density at radius 2 is 2.00 bits per heavy atom. The average Bonchev–Trinajstić information content (AvgIpc) is 3.00. The second kappa shape index (κ2) is 8.50. The lowest BCUT2D eigenvalue weighted by molar-refractivity contribution is -0.139. The molecule has 2 aliphatic rings. The van der Waals surface area contributed by atoms with Gasteiger partial charge in [-0.1, -0.05) is 25.7 Å². The van der Waals surface area contributed by atoms with Gasteiger partial charge in [-0.25, -0.2) is 0 Å². The van der Waals surface area contributed by atoms with Crippen LogP contribution in [0.2, 0.25) is 0 Å². The summed E-state index contributed by atoms with van der Waals surface area (Å²) in [4.78, 5) is 27.7. The number of nitrogens with zero attached hydrogens (tertiary/aromatic N) is 3.